The molecule has 1 nitrogen and oxygen atoms in total. The molecule has 3 atom stereocenters. The summed E-state index contributed by atoms with van der Waals surface area (Å²) < 4.78 is 0. The maximum absolute atomic E-state index is 10.0. The highest BCUT2D eigenvalue weighted by atomic mass is 16.3. The predicted octanol–water partition coefficient (Wildman–Crippen LogP) is 2.97. The predicted molar refractivity (Wildman–Crippen MR) is 54.5 cm³/mol. The van der Waals surface area contributed by atoms with Crippen LogP contribution in [0.1, 0.15) is 52.9 Å². The van der Waals surface area contributed by atoms with Gasteiger partial charge in [0.2, 0.25) is 0 Å². The number of hydrogen-bond acceptors (Lipinski definition) is 1. The van der Waals surface area contributed by atoms with E-state index in [-0.39, 0.29) is 11.5 Å². The lowest BCUT2D eigenvalue weighted by molar-refractivity contribution is -0.0400. The highest BCUT2D eigenvalue weighted by molar-refractivity contribution is 5.03. The minimum absolute atomic E-state index is 0.0305. The highest BCUT2D eigenvalue weighted by Crippen LogP contribution is 2.59. The molecule has 0 spiro atoms. The molecule has 13 heavy (non-hydrogen) atoms. The fourth-order valence-electron chi connectivity index (χ4n) is 3.94. The van der Waals surface area contributed by atoms with Crippen molar-refractivity contribution in [2.75, 3.05) is 0 Å². The molecular formula is C12H22O. The van der Waals surface area contributed by atoms with Crippen molar-refractivity contribution in [2.45, 2.75) is 59.0 Å². The Morgan fingerprint density at radius 2 is 1.77 bits per heavy atom. The molecule has 76 valence electrons. The van der Waals surface area contributed by atoms with Crippen molar-refractivity contribution in [3.63, 3.8) is 0 Å². The number of rotatable bonds is 0. The average molecular weight is 182 g/mol. The van der Waals surface area contributed by atoms with E-state index < -0.39 is 0 Å². The van der Waals surface area contributed by atoms with Crippen molar-refractivity contribution in [1.29, 1.82) is 0 Å². The number of hydrogen-bond donors (Lipinski definition) is 1. The van der Waals surface area contributed by atoms with E-state index in [1.54, 1.807) is 0 Å². The van der Waals surface area contributed by atoms with E-state index in [4.69, 9.17) is 0 Å². The summed E-state index contributed by atoms with van der Waals surface area (Å²) in [5, 5.41) is 10.0. The highest BCUT2D eigenvalue weighted by Gasteiger charge is 2.53. The van der Waals surface area contributed by atoms with Crippen molar-refractivity contribution < 1.29 is 5.11 Å². The van der Waals surface area contributed by atoms with E-state index in [1.807, 2.05) is 0 Å². The summed E-state index contributed by atoms with van der Waals surface area (Å²) >= 11 is 0. The average Bonchev–Trinajstić information content (AvgIpc) is 2.29. The number of aliphatic hydroxyl groups excluding tert-OH is 1. The second-order valence-corrected chi connectivity index (χ2v) is 5.99. The molecule has 2 saturated carbocycles. The fourth-order valence-corrected chi connectivity index (χ4v) is 3.94. The Morgan fingerprint density at radius 3 is 2.38 bits per heavy atom. The lowest BCUT2D eigenvalue weighted by Gasteiger charge is -2.48. The van der Waals surface area contributed by atoms with Crippen molar-refractivity contribution in [3.05, 3.63) is 0 Å². The van der Waals surface area contributed by atoms with Gasteiger partial charge in [0.05, 0.1) is 6.10 Å². The SMILES string of the molecule is CC1(C)CCC[C@@]2(C)[C@@H](O)CC[C@@H]12. The first kappa shape index (κ1) is 9.51. The Hall–Kier alpha value is -0.0400. The van der Waals surface area contributed by atoms with Crippen LogP contribution in [0.5, 0.6) is 0 Å². The van der Waals surface area contributed by atoms with Crippen LogP contribution in [-0.4, -0.2) is 11.2 Å². The van der Waals surface area contributed by atoms with Crippen LogP contribution in [0, 0.1) is 16.7 Å². The molecule has 0 bridgehead atoms. The van der Waals surface area contributed by atoms with Gasteiger partial charge in [-0.15, -0.1) is 0 Å². The largest absolute Gasteiger partial charge is 0.393 e. The van der Waals surface area contributed by atoms with Crippen molar-refractivity contribution in [1.82, 2.24) is 0 Å². The van der Waals surface area contributed by atoms with Gasteiger partial charge in [-0.25, -0.2) is 0 Å². The monoisotopic (exact) mass is 182 g/mol. The van der Waals surface area contributed by atoms with Crippen LogP contribution in [0.25, 0.3) is 0 Å². The van der Waals surface area contributed by atoms with E-state index in [0.717, 1.165) is 12.3 Å². The van der Waals surface area contributed by atoms with Crippen molar-refractivity contribution in [2.24, 2.45) is 16.7 Å². The van der Waals surface area contributed by atoms with Gasteiger partial charge < -0.3 is 5.11 Å². The van der Waals surface area contributed by atoms with Gasteiger partial charge in [-0.1, -0.05) is 27.2 Å². The van der Waals surface area contributed by atoms with Crippen LogP contribution >= 0.6 is 0 Å². The first-order chi connectivity index (χ1) is 5.97. The molecule has 1 N–H and O–H groups in total. The van der Waals surface area contributed by atoms with Crippen LogP contribution in [0.15, 0.2) is 0 Å². The molecule has 0 aromatic heterocycles. The molecule has 0 unspecified atom stereocenters. The second kappa shape index (κ2) is 2.73. The third-order valence-electron chi connectivity index (χ3n) is 4.77. The topological polar surface area (TPSA) is 20.2 Å². The third-order valence-corrected chi connectivity index (χ3v) is 4.77. The quantitative estimate of drug-likeness (QED) is 0.610. The number of fused-ring (bicyclic) bond motifs is 1. The zero-order valence-electron chi connectivity index (χ0n) is 9.14. The van der Waals surface area contributed by atoms with Crippen LogP contribution < -0.4 is 0 Å². The van der Waals surface area contributed by atoms with E-state index >= 15 is 0 Å². The van der Waals surface area contributed by atoms with Gasteiger partial charge in [-0.2, -0.15) is 0 Å². The molecule has 2 fully saturated rings. The van der Waals surface area contributed by atoms with Crippen molar-refractivity contribution >= 4 is 0 Å². The molecular weight excluding hydrogens is 160 g/mol. The molecule has 1 heteroatoms. The van der Waals surface area contributed by atoms with Gasteiger partial charge >= 0.3 is 0 Å². The standard InChI is InChI=1S/C12H22O/c1-11(2)7-4-8-12(3)9(11)5-6-10(12)13/h9-10,13H,4-8H2,1-3H3/t9-,10-,12+/m0/s1. The van der Waals surface area contributed by atoms with Crippen LogP contribution in [0.3, 0.4) is 0 Å². The Balaban J connectivity index is 2.28. The summed E-state index contributed by atoms with van der Waals surface area (Å²) in [6, 6.07) is 0. The van der Waals surface area contributed by atoms with Gasteiger partial charge in [0.1, 0.15) is 0 Å². The lowest BCUT2D eigenvalue weighted by Crippen LogP contribution is -2.43. The molecule has 0 aliphatic heterocycles. The Kier molecular flexibility index (Phi) is 1.99. The van der Waals surface area contributed by atoms with Gasteiger partial charge in [0, 0.05) is 0 Å². The molecule has 0 radical (unpaired) electrons. The normalized spacial score (nSPS) is 48.9. The fraction of sp³-hybridized carbons (Fsp3) is 1.00. The molecule has 0 heterocycles. The second-order valence-electron chi connectivity index (χ2n) is 5.99. The summed E-state index contributed by atoms with van der Waals surface area (Å²) in [6.07, 6.45) is 6.13. The first-order valence-corrected chi connectivity index (χ1v) is 5.65. The zero-order chi connectivity index (χ0) is 9.69. The van der Waals surface area contributed by atoms with Crippen LogP contribution in [-0.2, 0) is 0 Å². The van der Waals surface area contributed by atoms with Gasteiger partial charge in [0.25, 0.3) is 0 Å². The summed E-state index contributed by atoms with van der Waals surface area (Å²) in [4.78, 5) is 0. The smallest absolute Gasteiger partial charge is 0.0596 e. The van der Waals surface area contributed by atoms with E-state index in [9.17, 15) is 5.11 Å². The molecule has 0 aromatic carbocycles. The summed E-state index contributed by atoms with van der Waals surface area (Å²) in [5.74, 6) is 0.753. The first-order valence-electron chi connectivity index (χ1n) is 5.65. The molecule has 2 aliphatic carbocycles. The van der Waals surface area contributed by atoms with Gasteiger partial charge in [0.15, 0.2) is 0 Å². The Labute approximate surface area is 81.5 Å². The van der Waals surface area contributed by atoms with E-state index in [1.165, 1.54) is 25.7 Å². The van der Waals surface area contributed by atoms with E-state index in [2.05, 4.69) is 20.8 Å². The van der Waals surface area contributed by atoms with Crippen molar-refractivity contribution in [3.8, 4) is 0 Å². The Bertz CT molecular complexity index is 209. The van der Waals surface area contributed by atoms with Gasteiger partial charge in [-0.05, 0) is 42.4 Å². The molecule has 0 aromatic rings. The molecule has 0 saturated heterocycles. The van der Waals surface area contributed by atoms with Crippen LogP contribution in [0.2, 0.25) is 0 Å². The summed E-state index contributed by atoms with van der Waals surface area (Å²) in [5.41, 5.74) is 0.701. The summed E-state index contributed by atoms with van der Waals surface area (Å²) in [7, 11) is 0. The molecule has 2 rings (SSSR count). The van der Waals surface area contributed by atoms with Gasteiger partial charge in [-0.3, -0.25) is 0 Å². The zero-order valence-corrected chi connectivity index (χ0v) is 9.14. The third kappa shape index (κ3) is 1.24. The van der Waals surface area contributed by atoms with E-state index in [0.29, 0.717) is 5.41 Å². The van der Waals surface area contributed by atoms with Crippen LogP contribution in [0.4, 0.5) is 0 Å². The molecule has 0 amide bonds. The minimum Gasteiger partial charge on any atom is -0.393 e. The Morgan fingerprint density at radius 1 is 1.08 bits per heavy atom. The maximum Gasteiger partial charge on any atom is 0.0596 e. The minimum atomic E-state index is -0.0305. The number of aliphatic hydroxyl groups is 1. The summed E-state index contributed by atoms with van der Waals surface area (Å²) in [6.45, 7) is 7.07. The lowest BCUT2D eigenvalue weighted by atomic mass is 9.57. The molecule has 2 aliphatic rings. The maximum atomic E-state index is 10.0.